The number of hydrogen-bond acceptors (Lipinski definition) is 7. The van der Waals surface area contributed by atoms with E-state index in [1.54, 1.807) is 54.1 Å². The molecule has 180 valence electrons. The number of methoxy groups -OCH3 is 1. The van der Waals surface area contributed by atoms with Crippen molar-refractivity contribution in [3.63, 3.8) is 0 Å². The van der Waals surface area contributed by atoms with Crippen LogP contribution in [0.2, 0.25) is 5.02 Å². The molecule has 3 aromatic rings. The summed E-state index contributed by atoms with van der Waals surface area (Å²) in [7, 11) is 1.55. The van der Waals surface area contributed by atoms with Crippen molar-refractivity contribution in [2.75, 3.05) is 24.8 Å². The monoisotopic (exact) mass is 503 g/mol. The van der Waals surface area contributed by atoms with Gasteiger partial charge in [0.05, 0.1) is 19.5 Å². The fraction of sp³-hybridized carbons (Fsp3) is 0.304. The maximum absolute atomic E-state index is 12.6. The zero-order chi connectivity index (χ0) is 24.7. The average Bonchev–Trinajstić information content (AvgIpc) is 3.25. The van der Waals surface area contributed by atoms with Gasteiger partial charge in [0.1, 0.15) is 11.8 Å². The van der Waals surface area contributed by atoms with E-state index in [-0.39, 0.29) is 24.2 Å². The number of anilines is 1. The van der Waals surface area contributed by atoms with Crippen LogP contribution in [0.1, 0.15) is 34.7 Å². The Morgan fingerprint density at radius 3 is 2.56 bits per heavy atom. The van der Waals surface area contributed by atoms with E-state index in [0.717, 1.165) is 5.56 Å². The number of nitrogens with zero attached hydrogens (tertiary/aromatic N) is 3. The van der Waals surface area contributed by atoms with Gasteiger partial charge < -0.3 is 25.0 Å². The Balaban J connectivity index is 1.66. The molecule has 1 atom stereocenters. The third-order valence-electron chi connectivity index (χ3n) is 5.01. The van der Waals surface area contributed by atoms with Crippen LogP contribution >= 0.6 is 23.4 Å². The molecule has 0 saturated heterocycles. The number of thioether (sulfide) groups is 1. The summed E-state index contributed by atoms with van der Waals surface area (Å²) in [4.78, 5) is 25.1. The van der Waals surface area contributed by atoms with Gasteiger partial charge >= 0.3 is 0 Å². The minimum atomic E-state index is -0.762. The molecule has 3 N–H and O–H groups in total. The second-order valence-electron chi connectivity index (χ2n) is 7.32. The zero-order valence-corrected chi connectivity index (χ0v) is 20.6. The molecule has 2 aromatic carbocycles. The summed E-state index contributed by atoms with van der Waals surface area (Å²) in [6.07, 6.45) is 0. The molecule has 0 aliphatic heterocycles. The summed E-state index contributed by atoms with van der Waals surface area (Å²) < 4.78 is 6.87. The Kier molecular flexibility index (Phi) is 8.91. The normalized spacial score (nSPS) is 11.7. The number of carbonyl (C=O) groups excluding carboxylic acids is 2. The van der Waals surface area contributed by atoms with Crippen molar-refractivity contribution in [3.05, 3.63) is 64.4 Å². The molecule has 9 nitrogen and oxygen atoms in total. The van der Waals surface area contributed by atoms with Gasteiger partial charge in [-0.1, -0.05) is 23.4 Å². The Labute approximate surface area is 206 Å². The summed E-state index contributed by atoms with van der Waals surface area (Å²) in [6, 6.07) is 11.1. The van der Waals surface area contributed by atoms with Gasteiger partial charge in [0, 0.05) is 22.8 Å². The standard InChI is InChI=1S/C23H26ClN5O4S/c1-4-29-21(19(12-30)26-22(32)15-5-8-17(33-3)9-6-15)27-28-23(29)34-13-20(31)25-18-10-7-16(24)11-14(18)2/h5-11,19,30H,4,12-13H2,1-3H3,(H,25,31)(H,26,32)/t19-/m1/s1. The lowest BCUT2D eigenvalue weighted by Gasteiger charge is -2.17. The molecule has 1 aromatic heterocycles. The third kappa shape index (κ3) is 6.28. The molecule has 0 radical (unpaired) electrons. The molecule has 0 spiro atoms. The number of aromatic nitrogens is 3. The number of aliphatic hydroxyl groups excluding tert-OH is 1. The number of benzene rings is 2. The molecule has 2 amide bonds. The molecular formula is C23H26ClN5O4S. The highest BCUT2D eigenvalue weighted by Crippen LogP contribution is 2.23. The van der Waals surface area contributed by atoms with Gasteiger partial charge in [-0.2, -0.15) is 0 Å². The molecular weight excluding hydrogens is 478 g/mol. The Morgan fingerprint density at radius 1 is 1.21 bits per heavy atom. The lowest BCUT2D eigenvalue weighted by molar-refractivity contribution is -0.113. The molecule has 0 fully saturated rings. The maximum Gasteiger partial charge on any atom is 0.251 e. The molecule has 11 heteroatoms. The number of rotatable bonds is 10. The van der Waals surface area contributed by atoms with Gasteiger partial charge in [-0.05, 0) is 61.9 Å². The Morgan fingerprint density at radius 2 is 1.94 bits per heavy atom. The summed E-state index contributed by atoms with van der Waals surface area (Å²) >= 11 is 7.18. The predicted molar refractivity (Wildman–Crippen MR) is 132 cm³/mol. The summed E-state index contributed by atoms with van der Waals surface area (Å²) in [6.45, 7) is 3.90. The van der Waals surface area contributed by atoms with Crippen LogP contribution in [0.5, 0.6) is 5.75 Å². The minimum absolute atomic E-state index is 0.113. The van der Waals surface area contributed by atoms with Gasteiger partial charge in [-0.3, -0.25) is 9.59 Å². The van der Waals surface area contributed by atoms with Crippen molar-refractivity contribution in [3.8, 4) is 5.75 Å². The minimum Gasteiger partial charge on any atom is -0.497 e. The first-order valence-corrected chi connectivity index (χ1v) is 11.9. The second-order valence-corrected chi connectivity index (χ2v) is 8.70. The predicted octanol–water partition coefficient (Wildman–Crippen LogP) is 3.46. The largest absolute Gasteiger partial charge is 0.497 e. The number of carbonyl (C=O) groups is 2. The van der Waals surface area contributed by atoms with Crippen LogP contribution in [-0.4, -0.2) is 51.2 Å². The van der Waals surface area contributed by atoms with E-state index in [1.165, 1.54) is 11.8 Å². The number of amides is 2. The molecule has 0 bridgehead atoms. The lowest BCUT2D eigenvalue weighted by Crippen LogP contribution is -2.32. The van der Waals surface area contributed by atoms with E-state index < -0.39 is 6.04 Å². The molecule has 0 aliphatic rings. The van der Waals surface area contributed by atoms with Crippen LogP contribution in [0.3, 0.4) is 0 Å². The summed E-state index contributed by atoms with van der Waals surface area (Å²) in [5.41, 5.74) is 1.98. The van der Waals surface area contributed by atoms with Gasteiger partial charge in [0.15, 0.2) is 11.0 Å². The quantitative estimate of drug-likeness (QED) is 0.362. The van der Waals surface area contributed by atoms with Crippen molar-refractivity contribution in [1.29, 1.82) is 0 Å². The van der Waals surface area contributed by atoms with E-state index >= 15 is 0 Å². The number of ether oxygens (including phenoxy) is 1. The Bertz CT molecular complexity index is 1150. The van der Waals surface area contributed by atoms with E-state index in [4.69, 9.17) is 16.3 Å². The van der Waals surface area contributed by atoms with E-state index in [9.17, 15) is 14.7 Å². The SMILES string of the molecule is CCn1c(SCC(=O)Nc2ccc(Cl)cc2C)nnc1[C@@H](CO)NC(=O)c1ccc(OC)cc1. The molecule has 0 unspecified atom stereocenters. The summed E-state index contributed by atoms with van der Waals surface area (Å²) in [5.74, 6) is 0.594. The first-order valence-electron chi connectivity index (χ1n) is 10.5. The van der Waals surface area contributed by atoms with E-state index in [1.807, 2.05) is 13.8 Å². The number of aryl methyl sites for hydroxylation is 1. The highest BCUT2D eigenvalue weighted by molar-refractivity contribution is 7.99. The molecule has 0 aliphatic carbocycles. The Hall–Kier alpha value is -3.08. The van der Waals surface area contributed by atoms with Crippen LogP contribution in [0.15, 0.2) is 47.6 Å². The van der Waals surface area contributed by atoms with Crippen LogP contribution in [0.25, 0.3) is 0 Å². The van der Waals surface area contributed by atoms with Crippen LogP contribution in [0.4, 0.5) is 5.69 Å². The topological polar surface area (TPSA) is 118 Å². The van der Waals surface area contributed by atoms with Crippen molar-refractivity contribution >= 4 is 40.9 Å². The number of halogens is 1. The van der Waals surface area contributed by atoms with Gasteiger partial charge in [0.25, 0.3) is 5.91 Å². The molecule has 1 heterocycles. The van der Waals surface area contributed by atoms with Crippen molar-refractivity contribution < 1.29 is 19.4 Å². The fourth-order valence-corrected chi connectivity index (χ4v) is 4.26. The number of nitrogens with one attached hydrogen (secondary N) is 2. The first kappa shape index (κ1) is 25.5. The third-order valence-corrected chi connectivity index (χ3v) is 6.21. The van der Waals surface area contributed by atoms with Gasteiger partial charge in [0.2, 0.25) is 5.91 Å². The molecule has 3 rings (SSSR count). The average molecular weight is 504 g/mol. The van der Waals surface area contributed by atoms with E-state index in [0.29, 0.717) is 39.5 Å². The van der Waals surface area contributed by atoms with Crippen LogP contribution in [-0.2, 0) is 11.3 Å². The molecule has 34 heavy (non-hydrogen) atoms. The number of hydrogen-bond donors (Lipinski definition) is 3. The molecule has 0 saturated carbocycles. The van der Waals surface area contributed by atoms with Crippen LogP contribution in [0, 0.1) is 6.92 Å². The maximum atomic E-state index is 12.6. The smallest absolute Gasteiger partial charge is 0.251 e. The fourth-order valence-electron chi connectivity index (χ4n) is 3.22. The zero-order valence-electron chi connectivity index (χ0n) is 19.0. The van der Waals surface area contributed by atoms with Crippen molar-refractivity contribution in [2.45, 2.75) is 31.6 Å². The van der Waals surface area contributed by atoms with Crippen molar-refractivity contribution in [2.24, 2.45) is 0 Å². The highest BCUT2D eigenvalue weighted by Gasteiger charge is 2.23. The number of aliphatic hydroxyl groups is 1. The first-order chi connectivity index (χ1) is 16.4. The lowest BCUT2D eigenvalue weighted by atomic mass is 10.2. The van der Waals surface area contributed by atoms with Crippen LogP contribution < -0.4 is 15.4 Å². The van der Waals surface area contributed by atoms with Gasteiger partial charge in [-0.25, -0.2) is 0 Å². The highest BCUT2D eigenvalue weighted by atomic mass is 35.5. The van der Waals surface area contributed by atoms with Crippen molar-refractivity contribution in [1.82, 2.24) is 20.1 Å². The van der Waals surface area contributed by atoms with E-state index in [2.05, 4.69) is 20.8 Å². The second kappa shape index (κ2) is 11.9. The van der Waals surface area contributed by atoms with Gasteiger partial charge in [-0.15, -0.1) is 10.2 Å². The summed E-state index contributed by atoms with van der Waals surface area (Å²) in [5, 5.41) is 25.0.